The quantitative estimate of drug-likeness (QED) is 0.627. The number of benzene rings is 1. The highest BCUT2D eigenvalue weighted by molar-refractivity contribution is 5.89. The predicted octanol–water partition coefficient (Wildman–Crippen LogP) is 3.85. The zero-order valence-electron chi connectivity index (χ0n) is 18.0. The predicted molar refractivity (Wildman–Crippen MR) is 112 cm³/mol. The number of alkyl halides is 3. The molecular formula is C21H24F3N5O3. The molecule has 0 radical (unpaired) electrons. The summed E-state index contributed by atoms with van der Waals surface area (Å²) in [7, 11) is 1.83. The summed E-state index contributed by atoms with van der Waals surface area (Å²) in [6.07, 6.45) is -1.54. The van der Waals surface area contributed by atoms with Gasteiger partial charge in [0.05, 0.1) is 17.7 Å². The van der Waals surface area contributed by atoms with Gasteiger partial charge in [0, 0.05) is 30.3 Å². The van der Waals surface area contributed by atoms with E-state index in [4.69, 9.17) is 9.90 Å². The molecular weight excluding hydrogens is 427 g/mol. The molecule has 2 aromatic heterocycles. The summed E-state index contributed by atoms with van der Waals surface area (Å²) in [5.41, 5.74) is 2.77. The Morgan fingerprint density at radius 2 is 1.72 bits per heavy atom. The maximum atomic E-state index is 12.3. The van der Waals surface area contributed by atoms with Crippen molar-refractivity contribution in [3.05, 3.63) is 54.6 Å². The molecule has 3 rings (SSSR count). The van der Waals surface area contributed by atoms with Gasteiger partial charge in [0.15, 0.2) is 0 Å². The molecule has 0 aliphatic rings. The van der Waals surface area contributed by atoms with Gasteiger partial charge in [0.2, 0.25) is 5.91 Å². The first-order chi connectivity index (χ1) is 14.8. The lowest BCUT2D eigenvalue weighted by Crippen LogP contribution is -2.21. The molecule has 3 aromatic rings. The van der Waals surface area contributed by atoms with Gasteiger partial charge in [-0.2, -0.15) is 18.3 Å². The van der Waals surface area contributed by atoms with Gasteiger partial charge >= 0.3 is 12.1 Å². The first-order valence-electron chi connectivity index (χ1n) is 9.49. The number of aryl methyl sites for hydroxylation is 1. The smallest absolute Gasteiger partial charge is 0.475 e. The Morgan fingerprint density at radius 1 is 1.12 bits per heavy atom. The Bertz CT molecular complexity index is 1070. The van der Waals surface area contributed by atoms with Crippen LogP contribution in [0.3, 0.4) is 0 Å². The third-order valence-corrected chi connectivity index (χ3v) is 4.19. The number of carbonyl (C=O) groups excluding carboxylic acids is 1. The van der Waals surface area contributed by atoms with Gasteiger partial charge in [0.1, 0.15) is 12.4 Å². The van der Waals surface area contributed by atoms with E-state index in [1.165, 1.54) is 0 Å². The molecule has 8 nitrogen and oxygen atoms in total. The summed E-state index contributed by atoms with van der Waals surface area (Å²) in [6, 6.07) is 11.8. The number of amides is 1. The number of carbonyl (C=O) groups is 2. The van der Waals surface area contributed by atoms with Crippen molar-refractivity contribution in [2.24, 2.45) is 7.05 Å². The van der Waals surface area contributed by atoms with Crippen LogP contribution in [0, 0.1) is 0 Å². The lowest BCUT2D eigenvalue weighted by molar-refractivity contribution is -0.192. The molecule has 0 bridgehead atoms. The number of carboxylic acids is 1. The topological polar surface area (TPSA) is 102 Å². The number of imidazole rings is 1. The van der Waals surface area contributed by atoms with E-state index >= 15 is 0 Å². The molecule has 0 atom stereocenters. The number of aromatic nitrogens is 4. The van der Waals surface area contributed by atoms with Crippen molar-refractivity contribution in [2.45, 2.75) is 38.9 Å². The number of nitrogens with zero attached hydrogens (tertiary/aromatic N) is 4. The largest absolute Gasteiger partial charge is 0.490 e. The summed E-state index contributed by atoms with van der Waals surface area (Å²) in [4.78, 5) is 25.6. The number of hydrogen-bond acceptors (Lipinski definition) is 4. The van der Waals surface area contributed by atoms with Gasteiger partial charge in [0.25, 0.3) is 0 Å². The van der Waals surface area contributed by atoms with Crippen LogP contribution >= 0.6 is 0 Å². The summed E-state index contributed by atoms with van der Waals surface area (Å²) >= 11 is 0. The standard InChI is InChI=1S/C19H23N5O.C2HF3O2/c1-19(2,3)16-10-17(23(4)22-16)21-18(25)12-24-11-15(20-13-24)14-8-6-5-7-9-14;3-2(4,5)1(6)7/h5-11,13H,12H2,1-4H3,(H,21,25);(H,6,7). The molecule has 1 amide bonds. The van der Waals surface area contributed by atoms with Crippen molar-refractivity contribution in [1.82, 2.24) is 19.3 Å². The van der Waals surface area contributed by atoms with Gasteiger partial charge in [-0.3, -0.25) is 9.48 Å². The van der Waals surface area contributed by atoms with Gasteiger partial charge in [-0.25, -0.2) is 9.78 Å². The van der Waals surface area contributed by atoms with Crippen LogP contribution < -0.4 is 5.32 Å². The van der Waals surface area contributed by atoms with Crippen LogP contribution in [-0.4, -0.2) is 42.5 Å². The fraction of sp³-hybridized carbons (Fsp3) is 0.333. The zero-order chi connectivity index (χ0) is 24.1. The molecule has 0 aliphatic carbocycles. The summed E-state index contributed by atoms with van der Waals surface area (Å²) < 4.78 is 35.2. The highest BCUT2D eigenvalue weighted by Crippen LogP contribution is 2.23. The molecule has 0 spiro atoms. The van der Waals surface area contributed by atoms with E-state index in [1.54, 1.807) is 15.6 Å². The van der Waals surface area contributed by atoms with E-state index in [-0.39, 0.29) is 17.9 Å². The van der Waals surface area contributed by atoms with Gasteiger partial charge in [-0.15, -0.1) is 0 Å². The first-order valence-corrected chi connectivity index (χ1v) is 9.49. The van der Waals surface area contributed by atoms with Crippen molar-refractivity contribution >= 4 is 17.7 Å². The van der Waals surface area contributed by atoms with Crippen molar-refractivity contribution in [3.8, 4) is 11.3 Å². The molecule has 2 heterocycles. The van der Waals surface area contributed by atoms with Crippen LogP contribution in [0.1, 0.15) is 26.5 Å². The number of hydrogen-bond donors (Lipinski definition) is 2. The van der Waals surface area contributed by atoms with E-state index in [0.29, 0.717) is 5.82 Å². The van der Waals surface area contributed by atoms with E-state index in [2.05, 4.69) is 36.2 Å². The maximum Gasteiger partial charge on any atom is 0.490 e. The average molecular weight is 451 g/mol. The minimum absolute atomic E-state index is 0.0599. The summed E-state index contributed by atoms with van der Waals surface area (Å²) in [5, 5.41) is 14.5. The molecule has 2 N–H and O–H groups in total. The van der Waals surface area contributed by atoms with Crippen LogP contribution in [0.4, 0.5) is 19.0 Å². The van der Waals surface area contributed by atoms with Gasteiger partial charge in [-0.1, -0.05) is 51.1 Å². The second kappa shape index (κ2) is 9.67. The van der Waals surface area contributed by atoms with Crippen molar-refractivity contribution in [3.63, 3.8) is 0 Å². The normalized spacial score (nSPS) is 11.5. The molecule has 11 heteroatoms. The van der Waals surface area contributed by atoms with Crippen molar-refractivity contribution in [2.75, 3.05) is 5.32 Å². The Morgan fingerprint density at radius 3 is 2.22 bits per heavy atom. The SMILES string of the molecule is Cn1nc(C(C)(C)C)cc1NC(=O)Cn1cnc(-c2ccccc2)c1.O=C(O)C(F)(F)F. The van der Waals surface area contributed by atoms with Crippen LogP contribution in [0.25, 0.3) is 11.3 Å². The van der Waals surface area contributed by atoms with E-state index in [9.17, 15) is 18.0 Å². The molecule has 32 heavy (non-hydrogen) atoms. The minimum Gasteiger partial charge on any atom is -0.475 e. The lowest BCUT2D eigenvalue weighted by Gasteiger charge is -2.13. The molecule has 0 aliphatic heterocycles. The van der Waals surface area contributed by atoms with E-state index < -0.39 is 12.1 Å². The third-order valence-electron chi connectivity index (χ3n) is 4.19. The molecule has 0 fully saturated rings. The Hall–Kier alpha value is -3.63. The third kappa shape index (κ3) is 6.96. The fourth-order valence-electron chi connectivity index (χ4n) is 2.50. The number of aliphatic carboxylic acids is 1. The summed E-state index contributed by atoms with van der Waals surface area (Å²) in [5.74, 6) is -2.17. The van der Waals surface area contributed by atoms with E-state index in [0.717, 1.165) is 17.0 Å². The molecule has 1 aromatic carbocycles. The first kappa shape index (κ1) is 24.6. The zero-order valence-corrected chi connectivity index (χ0v) is 18.0. The van der Waals surface area contributed by atoms with Crippen LogP contribution in [0.5, 0.6) is 0 Å². The second-order valence-corrected chi connectivity index (χ2v) is 7.94. The number of nitrogens with one attached hydrogen (secondary N) is 1. The molecule has 0 unspecified atom stereocenters. The Balaban J connectivity index is 0.000000451. The molecule has 0 saturated carbocycles. The van der Waals surface area contributed by atoms with Crippen LogP contribution in [-0.2, 0) is 28.6 Å². The van der Waals surface area contributed by atoms with Crippen molar-refractivity contribution < 1.29 is 27.9 Å². The number of halogens is 3. The number of rotatable bonds is 4. The van der Waals surface area contributed by atoms with Gasteiger partial charge in [-0.05, 0) is 0 Å². The summed E-state index contributed by atoms with van der Waals surface area (Å²) in [6.45, 7) is 6.49. The van der Waals surface area contributed by atoms with Crippen LogP contribution in [0.15, 0.2) is 48.9 Å². The Kier molecular flexibility index (Phi) is 7.44. The van der Waals surface area contributed by atoms with E-state index in [1.807, 2.05) is 49.6 Å². The fourth-order valence-corrected chi connectivity index (χ4v) is 2.50. The second-order valence-electron chi connectivity index (χ2n) is 7.94. The Labute approximate surface area is 182 Å². The average Bonchev–Trinajstić information content (AvgIpc) is 3.29. The molecule has 172 valence electrons. The number of carboxylic acid groups (broad SMARTS) is 1. The van der Waals surface area contributed by atoms with Gasteiger partial charge < -0.3 is 15.0 Å². The number of anilines is 1. The van der Waals surface area contributed by atoms with Crippen molar-refractivity contribution in [1.29, 1.82) is 0 Å². The minimum atomic E-state index is -5.08. The lowest BCUT2D eigenvalue weighted by atomic mass is 9.92. The highest BCUT2D eigenvalue weighted by Gasteiger charge is 2.38. The molecule has 0 saturated heterocycles. The maximum absolute atomic E-state index is 12.3. The monoisotopic (exact) mass is 451 g/mol. The van der Waals surface area contributed by atoms with Crippen LogP contribution in [0.2, 0.25) is 0 Å². The highest BCUT2D eigenvalue weighted by atomic mass is 19.4.